The van der Waals surface area contributed by atoms with Gasteiger partial charge < -0.3 is 28.7 Å². The molecule has 0 aliphatic carbocycles. The van der Waals surface area contributed by atoms with E-state index in [0.717, 1.165) is 0 Å². The number of nitrogens with one attached hydrogen (secondary N) is 1. The number of methoxy groups -OCH3 is 3. The molecule has 1 atom stereocenters. The Kier molecular flexibility index (Phi) is 5.76. The van der Waals surface area contributed by atoms with E-state index in [2.05, 4.69) is 4.98 Å². The summed E-state index contributed by atoms with van der Waals surface area (Å²) in [4.78, 5) is 39.7. The Morgan fingerprint density at radius 1 is 1.14 bits per heavy atom. The Morgan fingerprint density at radius 3 is 2.34 bits per heavy atom. The number of aromatic nitrogens is 1. The van der Waals surface area contributed by atoms with E-state index in [9.17, 15) is 14.4 Å². The van der Waals surface area contributed by atoms with Gasteiger partial charge in [-0.3, -0.25) is 9.59 Å². The van der Waals surface area contributed by atoms with Gasteiger partial charge in [0.25, 0.3) is 5.56 Å². The van der Waals surface area contributed by atoms with Crippen LogP contribution in [0.1, 0.15) is 40.7 Å². The molecule has 0 radical (unpaired) electrons. The molecule has 2 aromatic rings. The second-order valence-electron chi connectivity index (χ2n) is 6.18. The lowest BCUT2D eigenvalue weighted by atomic mass is 9.86. The van der Waals surface area contributed by atoms with Crippen LogP contribution in [0, 0.1) is 0 Å². The highest BCUT2D eigenvalue weighted by molar-refractivity contribution is 5.94. The summed E-state index contributed by atoms with van der Waals surface area (Å²) in [5.74, 6) is -0.918. The van der Waals surface area contributed by atoms with Crippen molar-refractivity contribution in [2.75, 3.05) is 27.9 Å². The molecule has 1 N–H and O–H groups in total. The van der Waals surface area contributed by atoms with E-state index in [1.165, 1.54) is 27.5 Å². The van der Waals surface area contributed by atoms with E-state index >= 15 is 0 Å². The molecule has 0 saturated heterocycles. The molecule has 0 bridgehead atoms. The largest absolute Gasteiger partial charge is 0.493 e. The van der Waals surface area contributed by atoms with Crippen molar-refractivity contribution < 1.29 is 33.3 Å². The van der Waals surface area contributed by atoms with Gasteiger partial charge in [-0.2, -0.15) is 0 Å². The summed E-state index contributed by atoms with van der Waals surface area (Å²) >= 11 is 0. The molecule has 0 fully saturated rings. The number of hydrogen-bond donors (Lipinski definition) is 1. The molecule has 1 aliphatic heterocycles. The van der Waals surface area contributed by atoms with E-state index in [4.69, 9.17) is 23.7 Å². The van der Waals surface area contributed by atoms with E-state index < -0.39 is 23.4 Å². The van der Waals surface area contributed by atoms with Gasteiger partial charge >= 0.3 is 11.9 Å². The predicted octanol–water partition coefficient (Wildman–Crippen LogP) is 2.02. The van der Waals surface area contributed by atoms with Crippen LogP contribution in [0.4, 0.5) is 0 Å². The van der Waals surface area contributed by atoms with Crippen LogP contribution >= 0.6 is 0 Å². The fourth-order valence-corrected chi connectivity index (χ4v) is 3.33. The number of esters is 2. The summed E-state index contributed by atoms with van der Waals surface area (Å²) in [6.45, 7) is 1.79. The highest BCUT2D eigenvalue weighted by Gasteiger charge is 2.35. The minimum Gasteiger partial charge on any atom is -0.493 e. The van der Waals surface area contributed by atoms with E-state index in [1.54, 1.807) is 19.1 Å². The van der Waals surface area contributed by atoms with Crippen molar-refractivity contribution in [1.29, 1.82) is 0 Å². The van der Waals surface area contributed by atoms with Crippen LogP contribution in [0.25, 0.3) is 0 Å². The Bertz CT molecular complexity index is 985. The molecule has 0 unspecified atom stereocenters. The number of pyridine rings is 1. The first-order valence-electron chi connectivity index (χ1n) is 8.88. The second-order valence-corrected chi connectivity index (χ2v) is 6.18. The Morgan fingerprint density at radius 2 is 1.79 bits per heavy atom. The number of ether oxygens (including phenoxy) is 5. The van der Waals surface area contributed by atoms with Gasteiger partial charge in [-0.05, 0) is 24.6 Å². The average molecular weight is 403 g/mol. The van der Waals surface area contributed by atoms with Gasteiger partial charge in [-0.15, -0.1) is 0 Å². The topological polar surface area (TPSA) is 113 Å². The van der Waals surface area contributed by atoms with Crippen LogP contribution in [0.2, 0.25) is 0 Å². The number of H-pyrrole nitrogens is 1. The maximum atomic E-state index is 12.6. The summed E-state index contributed by atoms with van der Waals surface area (Å²) in [5, 5.41) is 0. The summed E-state index contributed by atoms with van der Waals surface area (Å²) < 4.78 is 26.3. The van der Waals surface area contributed by atoms with Gasteiger partial charge in [0.05, 0.1) is 39.9 Å². The zero-order valence-corrected chi connectivity index (χ0v) is 16.5. The van der Waals surface area contributed by atoms with Gasteiger partial charge in [0.2, 0.25) is 5.75 Å². The molecule has 1 aromatic carbocycles. The van der Waals surface area contributed by atoms with E-state index in [-0.39, 0.29) is 29.9 Å². The molecule has 2 heterocycles. The van der Waals surface area contributed by atoms with Crippen molar-refractivity contribution in [2.24, 2.45) is 0 Å². The third kappa shape index (κ3) is 3.63. The number of rotatable bonds is 6. The number of carbonyl (C=O) groups excluding carboxylic acids is 2. The first-order valence-corrected chi connectivity index (χ1v) is 8.88. The number of aromatic amines is 1. The summed E-state index contributed by atoms with van der Waals surface area (Å²) in [7, 11) is 4.41. The summed E-state index contributed by atoms with van der Waals surface area (Å²) in [6.07, 6.45) is 1.09. The molecule has 0 spiro atoms. The van der Waals surface area contributed by atoms with Crippen LogP contribution in [0.5, 0.6) is 23.0 Å². The molecule has 0 saturated carbocycles. The van der Waals surface area contributed by atoms with Gasteiger partial charge in [-0.1, -0.05) is 0 Å². The number of fused-ring (bicyclic) bond motifs is 1. The Labute approximate surface area is 166 Å². The fourth-order valence-electron chi connectivity index (χ4n) is 3.33. The van der Waals surface area contributed by atoms with Crippen LogP contribution in [-0.4, -0.2) is 44.9 Å². The van der Waals surface area contributed by atoms with E-state index in [0.29, 0.717) is 22.8 Å². The lowest BCUT2D eigenvalue weighted by Crippen LogP contribution is -2.30. The van der Waals surface area contributed by atoms with Gasteiger partial charge in [0.15, 0.2) is 17.2 Å². The molecule has 1 aliphatic rings. The number of hydrogen-bond acceptors (Lipinski definition) is 8. The summed E-state index contributed by atoms with van der Waals surface area (Å²) in [5.41, 5.74) is 0.236. The lowest BCUT2D eigenvalue weighted by molar-refractivity contribution is -0.135. The molecule has 1 aromatic heterocycles. The molecule has 154 valence electrons. The lowest BCUT2D eigenvalue weighted by Gasteiger charge is -2.26. The quantitative estimate of drug-likeness (QED) is 0.729. The number of carbonyl (C=O) groups is 2. The zero-order valence-electron chi connectivity index (χ0n) is 16.5. The van der Waals surface area contributed by atoms with Crippen LogP contribution < -0.4 is 24.5 Å². The molecule has 9 heteroatoms. The van der Waals surface area contributed by atoms with Gasteiger partial charge in [0.1, 0.15) is 5.56 Å². The van der Waals surface area contributed by atoms with Crippen LogP contribution in [0.3, 0.4) is 0 Å². The fraction of sp³-hybridized carbons (Fsp3) is 0.350. The Balaban J connectivity index is 2.22. The molecule has 0 amide bonds. The second kappa shape index (κ2) is 8.26. The Hall–Kier alpha value is -3.49. The maximum Gasteiger partial charge on any atom is 0.343 e. The standard InChI is InChI=1S/C20H21NO8/c1-5-28-20(24)12-9-21-19(23)16-11(8-15(22)29-17(12)16)10-6-13(25-2)18(27-4)14(7-10)26-3/h6-7,9,11H,5,8H2,1-4H3,(H,21,23)/t11-/m0/s1. The maximum absolute atomic E-state index is 12.6. The van der Waals surface area contributed by atoms with Crippen LogP contribution in [0.15, 0.2) is 23.1 Å². The zero-order chi connectivity index (χ0) is 21.1. The monoisotopic (exact) mass is 403 g/mol. The first kappa shape index (κ1) is 20.2. The molecule has 3 rings (SSSR count). The third-order valence-electron chi connectivity index (χ3n) is 4.60. The van der Waals surface area contributed by atoms with Crippen molar-refractivity contribution in [2.45, 2.75) is 19.3 Å². The molecular weight excluding hydrogens is 382 g/mol. The predicted molar refractivity (Wildman–Crippen MR) is 101 cm³/mol. The van der Waals surface area contributed by atoms with Crippen molar-refractivity contribution in [3.63, 3.8) is 0 Å². The van der Waals surface area contributed by atoms with Crippen molar-refractivity contribution in [3.8, 4) is 23.0 Å². The molecule has 29 heavy (non-hydrogen) atoms. The third-order valence-corrected chi connectivity index (χ3v) is 4.60. The number of benzene rings is 1. The minimum absolute atomic E-state index is 0.0214. The van der Waals surface area contributed by atoms with Crippen molar-refractivity contribution in [1.82, 2.24) is 4.98 Å². The van der Waals surface area contributed by atoms with Crippen molar-refractivity contribution >= 4 is 11.9 Å². The highest BCUT2D eigenvalue weighted by Crippen LogP contribution is 2.44. The van der Waals surface area contributed by atoms with Crippen molar-refractivity contribution in [3.05, 3.63) is 45.4 Å². The normalized spacial score (nSPS) is 15.2. The molecular formula is C20H21NO8. The minimum atomic E-state index is -0.696. The van der Waals surface area contributed by atoms with Crippen LogP contribution in [-0.2, 0) is 9.53 Å². The SMILES string of the molecule is CCOC(=O)c1c[nH]c(=O)c2c1OC(=O)C[C@H]2c1cc(OC)c(OC)c(OC)c1. The smallest absolute Gasteiger partial charge is 0.343 e. The van der Waals surface area contributed by atoms with Gasteiger partial charge in [0, 0.05) is 12.1 Å². The highest BCUT2D eigenvalue weighted by atomic mass is 16.6. The average Bonchev–Trinajstić information content (AvgIpc) is 2.72. The molecule has 9 nitrogen and oxygen atoms in total. The summed E-state index contributed by atoms with van der Waals surface area (Å²) in [6, 6.07) is 3.32. The van der Waals surface area contributed by atoms with Gasteiger partial charge in [-0.25, -0.2) is 4.79 Å². The first-order chi connectivity index (χ1) is 13.9. The van der Waals surface area contributed by atoms with E-state index in [1.807, 2.05) is 0 Å².